The lowest BCUT2D eigenvalue weighted by molar-refractivity contribution is 0.319. The predicted octanol–water partition coefficient (Wildman–Crippen LogP) is 4.05. The van der Waals surface area contributed by atoms with Crippen LogP contribution in [0.3, 0.4) is 0 Å². The molecule has 1 aromatic carbocycles. The van der Waals surface area contributed by atoms with Crippen molar-refractivity contribution in [2.75, 3.05) is 17.7 Å². The van der Waals surface area contributed by atoms with Gasteiger partial charge in [0.1, 0.15) is 5.75 Å². The van der Waals surface area contributed by atoms with Crippen LogP contribution in [0.25, 0.3) is 0 Å². The summed E-state index contributed by atoms with van der Waals surface area (Å²) in [6.45, 7) is 5.09. The maximum absolute atomic E-state index is 5.93. The molecule has 1 unspecified atom stereocenters. The maximum atomic E-state index is 5.93. The molecule has 0 bridgehead atoms. The number of nitrogens with one attached hydrogen (secondary N) is 1. The third-order valence-corrected chi connectivity index (χ3v) is 3.98. The van der Waals surface area contributed by atoms with Crippen molar-refractivity contribution in [1.82, 2.24) is 0 Å². The van der Waals surface area contributed by atoms with Crippen LogP contribution in [0, 0.1) is 5.92 Å². The van der Waals surface area contributed by atoms with Crippen molar-refractivity contribution in [3.8, 4) is 5.75 Å². The molecule has 0 heterocycles. The molecule has 1 aromatic rings. The van der Waals surface area contributed by atoms with Crippen LogP contribution in [0.4, 0.5) is 11.4 Å². The molecule has 1 atom stereocenters. The topological polar surface area (TPSA) is 47.3 Å². The minimum atomic E-state index is 0.519. The first-order valence-corrected chi connectivity index (χ1v) is 7.49. The van der Waals surface area contributed by atoms with Crippen molar-refractivity contribution in [3.05, 3.63) is 18.2 Å². The van der Waals surface area contributed by atoms with E-state index in [2.05, 4.69) is 19.2 Å². The summed E-state index contributed by atoms with van der Waals surface area (Å²) < 4.78 is 5.67. The molecule has 0 amide bonds. The lowest BCUT2D eigenvalue weighted by Gasteiger charge is -2.22. The molecular weight excluding hydrogens is 236 g/mol. The van der Waals surface area contributed by atoms with Crippen molar-refractivity contribution in [2.24, 2.45) is 5.92 Å². The Labute approximate surface area is 116 Å². The van der Waals surface area contributed by atoms with Gasteiger partial charge in [0.25, 0.3) is 0 Å². The number of nitrogens with two attached hydrogens (primary N) is 1. The zero-order valence-electron chi connectivity index (χ0n) is 12.1. The van der Waals surface area contributed by atoms with Crippen molar-refractivity contribution < 1.29 is 4.74 Å². The van der Waals surface area contributed by atoms with Gasteiger partial charge in [0.15, 0.2) is 0 Å². The highest BCUT2D eigenvalue weighted by Crippen LogP contribution is 2.31. The van der Waals surface area contributed by atoms with Crippen LogP contribution >= 0.6 is 0 Å². The highest BCUT2D eigenvalue weighted by atomic mass is 16.5. The number of hydrogen-bond donors (Lipinski definition) is 2. The highest BCUT2D eigenvalue weighted by Gasteiger charge is 2.21. The van der Waals surface area contributed by atoms with E-state index in [4.69, 9.17) is 10.5 Å². The Hall–Kier alpha value is -1.38. The Balaban J connectivity index is 1.99. The lowest BCUT2D eigenvalue weighted by Crippen LogP contribution is -2.23. The van der Waals surface area contributed by atoms with Crippen LogP contribution in [0.1, 0.15) is 46.0 Å². The highest BCUT2D eigenvalue weighted by molar-refractivity contribution is 5.61. The monoisotopic (exact) mass is 262 g/mol. The molecule has 0 radical (unpaired) electrons. The van der Waals surface area contributed by atoms with Crippen LogP contribution in [0.5, 0.6) is 5.75 Å². The minimum Gasteiger partial charge on any atom is -0.491 e. The van der Waals surface area contributed by atoms with E-state index in [1.165, 1.54) is 25.7 Å². The number of benzene rings is 1. The van der Waals surface area contributed by atoms with Gasteiger partial charge in [-0.2, -0.15) is 0 Å². The summed E-state index contributed by atoms with van der Waals surface area (Å²) in [5.74, 6) is 1.60. The molecule has 3 nitrogen and oxygen atoms in total. The Bertz CT molecular complexity index is 400. The normalized spacial score (nSPS) is 17.4. The molecule has 1 saturated carbocycles. The van der Waals surface area contributed by atoms with Gasteiger partial charge in [-0.25, -0.2) is 0 Å². The van der Waals surface area contributed by atoms with Gasteiger partial charge in [-0.1, -0.05) is 19.8 Å². The number of ether oxygens (including phenoxy) is 1. The average Bonchev–Trinajstić information content (AvgIpc) is 2.93. The second-order valence-electron chi connectivity index (χ2n) is 5.58. The van der Waals surface area contributed by atoms with Gasteiger partial charge in [0, 0.05) is 17.8 Å². The predicted molar refractivity (Wildman–Crippen MR) is 81.7 cm³/mol. The molecule has 0 aliphatic heterocycles. The molecule has 0 saturated heterocycles. The first-order valence-electron chi connectivity index (χ1n) is 7.49. The van der Waals surface area contributed by atoms with Crippen molar-refractivity contribution in [2.45, 2.75) is 52.0 Å². The quantitative estimate of drug-likeness (QED) is 0.760. The molecule has 2 rings (SSSR count). The molecule has 19 heavy (non-hydrogen) atoms. The summed E-state index contributed by atoms with van der Waals surface area (Å²) in [5.41, 5.74) is 7.76. The smallest absolute Gasteiger partial charge is 0.144 e. The summed E-state index contributed by atoms with van der Waals surface area (Å²) in [5, 5.41) is 3.59. The summed E-state index contributed by atoms with van der Waals surface area (Å²) in [4.78, 5) is 0. The Morgan fingerprint density at radius 2 is 2.11 bits per heavy atom. The molecule has 106 valence electrons. The SMILES string of the molecule is CCCOc1cc(NC(C)C2CCCC2)ccc1N. The van der Waals surface area contributed by atoms with E-state index >= 15 is 0 Å². The summed E-state index contributed by atoms with van der Waals surface area (Å²) >= 11 is 0. The molecule has 1 aliphatic carbocycles. The second kappa shape index (κ2) is 6.69. The second-order valence-corrected chi connectivity index (χ2v) is 5.58. The summed E-state index contributed by atoms with van der Waals surface area (Å²) in [6.07, 6.45) is 6.45. The zero-order valence-corrected chi connectivity index (χ0v) is 12.1. The fourth-order valence-electron chi connectivity index (χ4n) is 2.80. The van der Waals surface area contributed by atoms with Gasteiger partial charge in [0.2, 0.25) is 0 Å². The fourth-order valence-corrected chi connectivity index (χ4v) is 2.80. The fraction of sp³-hybridized carbons (Fsp3) is 0.625. The minimum absolute atomic E-state index is 0.519. The first kappa shape index (κ1) is 14.0. The molecule has 0 spiro atoms. The Kier molecular flexibility index (Phi) is 4.94. The Morgan fingerprint density at radius 1 is 1.37 bits per heavy atom. The van der Waals surface area contributed by atoms with Gasteiger partial charge >= 0.3 is 0 Å². The van der Waals surface area contributed by atoms with E-state index in [0.717, 1.165) is 23.8 Å². The first-order chi connectivity index (χ1) is 9.20. The third-order valence-electron chi connectivity index (χ3n) is 3.98. The van der Waals surface area contributed by atoms with Crippen LogP contribution in [-0.2, 0) is 0 Å². The van der Waals surface area contributed by atoms with Crippen LogP contribution in [-0.4, -0.2) is 12.6 Å². The van der Waals surface area contributed by atoms with Crippen LogP contribution in [0.2, 0.25) is 0 Å². The third kappa shape index (κ3) is 3.79. The maximum Gasteiger partial charge on any atom is 0.144 e. The van der Waals surface area contributed by atoms with Crippen molar-refractivity contribution >= 4 is 11.4 Å². The van der Waals surface area contributed by atoms with Crippen molar-refractivity contribution in [3.63, 3.8) is 0 Å². The zero-order chi connectivity index (χ0) is 13.7. The molecule has 3 N–H and O–H groups in total. The number of nitrogen functional groups attached to an aromatic ring is 1. The Morgan fingerprint density at radius 3 is 2.79 bits per heavy atom. The van der Waals surface area contributed by atoms with E-state index in [1.54, 1.807) is 0 Å². The largest absolute Gasteiger partial charge is 0.491 e. The number of hydrogen-bond acceptors (Lipinski definition) is 3. The molecular formula is C16H26N2O. The standard InChI is InChI=1S/C16H26N2O/c1-3-10-19-16-11-14(8-9-15(16)17)18-12(2)13-6-4-5-7-13/h8-9,11-13,18H,3-7,10,17H2,1-2H3. The van der Waals surface area contributed by atoms with E-state index in [0.29, 0.717) is 18.3 Å². The molecule has 0 aromatic heterocycles. The van der Waals surface area contributed by atoms with Gasteiger partial charge in [-0.3, -0.25) is 0 Å². The molecule has 1 fully saturated rings. The lowest BCUT2D eigenvalue weighted by atomic mass is 9.99. The molecule has 1 aliphatic rings. The molecule has 3 heteroatoms. The summed E-state index contributed by atoms with van der Waals surface area (Å²) in [7, 11) is 0. The van der Waals surface area contributed by atoms with Crippen LogP contribution < -0.4 is 15.8 Å². The number of rotatable bonds is 6. The van der Waals surface area contributed by atoms with E-state index < -0.39 is 0 Å². The average molecular weight is 262 g/mol. The summed E-state index contributed by atoms with van der Waals surface area (Å²) in [6, 6.07) is 6.51. The van der Waals surface area contributed by atoms with E-state index in [9.17, 15) is 0 Å². The van der Waals surface area contributed by atoms with E-state index in [1.807, 2.05) is 18.2 Å². The van der Waals surface area contributed by atoms with Gasteiger partial charge < -0.3 is 15.8 Å². The van der Waals surface area contributed by atoms with Gasteiger partial charge in [-0.15, -0.1) is 0 Å². The van der Waals surface area contributed by atoms with Crippen LogP contribution in [0.15, 0.2) is 18.2 Å². The van der Waals surface area contributed by atoms with E-state index in [-0.39, 0.29) is 0 Å². The van der Waals surface area contributed by atoms with Gasteiger partial charge in [-0.05, 0) is 44.2 Å². The van der Waals surface area contributed by atoms with Crippen molar-refractivity contribution in [1.29, 1.82) is 0 Å². The van der Waals surface area contributed by atoms with Gasteiger partial charge in [0.05, 0.1) is 12.3 Å². The number of anilines is 2.